The van der Waals surface area contributed by atoms with Crippen molar-refractivity contribution in [3.05, 3.63) is 59.7 Å². The Balaban J connectivity index is 2.43. The maximum atomic E-state index is 9.01. The topological polar surface area (TPSA) is 53.0 Å². The summed E-state index contributed by atoms with van der Waals surface area (Å²) in [6.45, 7) is 2.08. The highest BCUT2D eigenvalue weighted by Crippen LogP contribution is 2.31. The van der Waals surface area contributed by atoms with Crippen molar-refractivity contribution in [1.82, 2.24) is 0 Å². The summed E-state index contributed by atoms with van der Waals surface area (Å²) in [6.07, 6.45) is 0.892. The normalized spacial score (nSPS) is 11.7. The largest absolute Gasteiger partial charge is 0.344 e. The van der Waals surface area contributed by atoms with Gasteiger partial charge in [0.25, 0.3) is 0 Å². The van der Waals surface area contributed by atoms with Gasteiger partial charge in [0, 0.05) is 24.5 Å². The molecule has 3 heteroatoms. The standard InChI is InChI=1S/C17H19N3/c1-3-16(19)15-9-4-5-10-17(15)20(2)14-8-6-7-13(11-14)12-18/h4-11,16H,3,19H2,1-2H3. The van der Waals surface area contributed by atoms with Crippen LogP contribution in [0.5, 0.6) is 0 Å². The number of benzene rings is 2. The molecule has 0 spiro atoms. The molecule has 3 nitrogen and oxygen atoms in total. The number of rotatable bonds is 4. The van der Waals surface area contributed by atoms with Crippen LogP contribution in [0.3, 0.4) is 0 Å². The van der Waals surface area contributed by atoms with E-state index in [0.717, 1.165) is 23.4 Å². The van der Waals surface area contributed by atoms with Crippen LogP contribution in [0.2, 0.25) is 0 Å². The molecule has 0 heterocycles. The van der Waals surface area contributed by atoms with Crippen LogP contribution in [-0.2, 0) is 0 Å². The molecule has 0 bridgehead atoms. The van der Waals surface area contributed by atoms with Gasteiger partial charge in [-0.15, -0.1) is 0 Å². The molecule has 0 saturated heterocycles. The number of nitrogens with two attached hydrogens (primary N) is 1. The molecule has 0 aliphatic rings. The molecular formula is C17H19N3. The summed E-state index contributed by atoms with van der Waals surface area (Å²) in [5.74, 6) is 0. The Kier molecular flexibility index (Phi) is 4.39. The van der Waals surface area contributed by atoms with Crippen LogP contribution < -0.4 is 10.6 Å². The minimum absolute atomic E-state index is 0.0211. The molecular weight excluding hydrogens is 246 g/mol. The SMILES string of the molecule is CCC(N)c1ccccc1N(C)c1cccc(C#N)c1. The first-order chi connectivity index (χ1) is 9.67. The first-order valence-corrected chi connectivity index (χ1v) is 6.75. The van der Waals surface area contributed by atoms with E-state index in [9.17, 15) is 0 Å². The Morgan fingerprint density at radius 3 is 2.65 bits per heavy atom. The van der Waals surface area contributed by atoms with Gasteiger partial charge in [0.2, 0.25) is 0 Å². The second-order valence-electron chi connectivity index (χ2n) is 4.79. The Morgan fingerprint density at radius 2 is 1.95 bits per heavy atom. The summed E-state index contributed by atoms with van der Waals surface area (Å²) >= 11 is 0. The predicted molar refractivity (Wildman–Crippen MR) is 82.9 cm³/mol. The van der Waals surface area contributed by atoms with Gasteiger partial charge >= 0.3 is 0 Å². The molecule has 2 aromatic carbocycles. The molecule has 0 aliphatic heterocycles. The van der Waals surface area contributed by atoms with Gasteiger partial charge in [-0.2, -0.15) is 5.26 Å². The zero-order chi connectivity index (χ0) is 14.5. The van der Waals surface area contributed by atoms with Crippen LogP contribution in [0.1, 0.15) is 30.5 Å². The van der Waals surface area contributed by atoms with E-state index in [-0.39, 0.29) is 6.04 Å². The van der Waals surface area contributed by atoms with Crippen molar-refractivity contribution in [3.63, 3.8) is 0 Å². The van der Waals surface area contributed by atoms with Crippen molar-refractivity contribution >= 4 is 11.4 Å². The molecule has 0 saturated carbocycles. The molecule has 20 heavy (non-hydrogen) atoms. The van der Waals surface area contributed by atoms with Gasteiger partial charge in [-0.05, 0) is 36.2 Å². The lowest BCUT2D eigenvalue weighted by molar-refractivity contribution is 0.698. The van der Waals surface area contributed by atoms with Gasteiger partial charge in [-0.3, -0.25) is 0 Å². The van der Waals surface area contributed by atoms with E-state index in [1.54, 1.807) is 6.07 Å². The molecule has 0 radical (unpaired) electrons. The average molecular weight is 265 g/mol. The molecule has 2 aromatic rings. The minimum atomic E-state index is 0.0211. The fourth-order valence-corrected chi connectivity index (χ4v) is 2.25. The summed E-state index contributed by atoms with van der Waals surface area (Å²) < 4.78 is 0. The number of hydrogen-bond acceptors (Lipinski definition) is 3. The van der Waals surface area contributed by atoms with Crippen LogP contribution in [0.25, 0.3) is 0 Å². The molecule has 2 rings (SSSR count). The van der Waals surface area contributed by atoms with Gasteiger partial charge in [-0.25, -0.2) is 0 Å². The fraction of sp³-hybridized carbons (Fsp3) is 0.235. The maximum Gasteiger partial charge on any atom is 0.0992 e. The third-order valence-corrected chi connectivity index (χ3v) is 3.50. The highest BCUT2D eigenvalue weighted by atomic mass is 15.1. The maximum absolute atomic E-state index is 9.01. The zero-order valence-corrected chi connectivity index (χ0v) is 11.9. The van der Waals surface area contributed by atoms with Crippen molar-refractivity contribution in [2.24, 2.45) is 5.73 Å². The Bertz CT molecular complexity index is 628. The van der Waals surface area contributed by atoms with Crippen LogP contribution in [0, 0.1) is 11.3 Å². The summed E-state index contributed by atoms with van der Waals surface area (Å²) in [6, 6.07) is 17.9. The van der Waals surface area contributed by atoms with E-state index in [4.69, 9.17) is 11.0 Å². The minimum Gasteiger partial charge on any atom is -0.344 e. The van der Waals surface area contributed by atoms with Crippen molar-refractivity contribution in [2.45, 2.75) is 19.4 Å². The van der Waals surface area contributed by atoms with Gasteiger partial charge in [0.05, 0.1) is 11.6 Å². The zero-order valence-electron chi connectivity index (χ0n) is 11.9. The lowest BCUT2D eigenvalue weighted by Gasteiger charge is -2.25. The summed E-state index contributed by atoms with van der Waals surface area (Å²) in [7, 11) is 2.00. The highest BCUT2D eigenvalue weighted by Gasteiger charge is 2.13. The van der Waals surface area contributed by atoms with E-state index >= 15 is 0 Å². The van der Waals surface area contributed by atoms with Crippen LogP contribution in [0.4, 0.5) is 11.4 Å². The van der Waals surface area contributed by atoms with Gasteiger partial charge < -0.3 is 10.6 Å². The molecule has 102 valence electrons. The van der Waals surface area contributed by atoms with Crippen LogP contribution in [0.15, 0.2) is 48.5 Å². The second-order valence-corrected chi connectivity index (χ2v) is 4.79. The molecule has 0 amide bonds. The van der Waals surface area contributed by atoms with Gasteiger partial charge in [-0.1, -0.05) is 31.2 Å². The molecule has 0 aliphatic carbocycles. The van der Waals surface area contributed by atoms with Crippen molar-refractivity contribution in [2.75, 3.05) is 11.9 Å². The van der Waals surface area contributed by atoms with E-state index in [1.807, 2.05) is 37.4 Å². The molecule has 1 atom stereocenters. The molecule has 2 N–H and O–H groups in total. The first kappa shape index (κ1) is 14.1. The van der Waals surface area contributed by atoms with Gasteiger partial charge in [0.1, 0.15) is 0 Å². The summed E-state index contributed by atoms with van der Waals surface area (Å²) in [5.41, 5.74) is 10.0. The monoisotopic (exact) mass is 265 g/mol. The summed E-state index contributed by atoms with van der Waals surface area (Å²) in [4.78, 5) is 2.08. The third kappa shape index (κ3) is 2.81. The van der Waals surface area contributed by atoms with Crippen LogP contribution in [-0.4, -0.2) is 7.05 Å². The predicted octanol–water partition coefficient (Wildman–Crippen LogP) is 3.74. The average Bonchev–Trinajstić information content (AvgIpc) is 2.53. The number of nitriles is 1. The smallest absolute Gasteiger partial charge is 0.0992 e. The van der Waals surface area contributed by atoms with Crippen LogP contribution >= 0.6 is 0 Å². The number of anilines is 2. The first-order valence-electron chi connectivity index (χ1n) is 6.75. The highest BCUT2D eigenvalue weighted by molar-refractivity contribution is 5.67. The van der Waals surface area contributed by atoms with Crippen molar-refractivity contribution < 1.29 is 0 Å². The van der Waals surface area contributed by atoms with E-state index < -0.39 is 0 Å². The number of para-hydroxylation sites is 1. The van der Waals surface area contributed by atoms with E-state index in [0.29, 0.717) is 5.56 Å². The molecule has 0 aromatic heterocycles. The van der Waals surface area contributed by atoms with Crippen molar-refractivity contribution in [1.29, 1.82) is 5.26 Å². The third-order valence-electron chi connectivity index (χ3n) is 3.50. The lowest BCUT2D eigenvalue weighted by Crippen LogP contribution is -2.16. The Morgan fingerprint density at radius 1 is 1.20 bits per heavy atom. The molecule has 0 fully saturated rings. The summed E-state index contributed by atoms with van der Waals surface area (Å²) in [5, 5.41) is 9.01. The number of hydrogen-bond donors (Lipinski definition) is 1. The van der Waals surface area contributed by atoms with Crippen molar-refractivity contribution in [3.8, 4) is 6.07 Å². The second kappa shape index (κ2) is 6.23. The lowest BCUT2D eigenvalue weighted by atomic mass is 10.0. The fourth-order valence-electron chi connectivity index (χ4n) is 2.25. The molecule has 1 unspecified atom stereocenters. The van der Waals surface area contributed by atoms with Gasteiger partial charge in [0.15, 0.2) is 0 Å². The Labute approximate surface area is 120 Å². The van der Waals surface area contributed by atoms with E-state index in [2.05, 4.69) is 30.0 Å². The van der Waals surface area contributed by atoms with E-state index in [1.165, 1.54) is 0 Å². The quantitative estimate of drug-likeness (QED) is 0.916. The number of nitrogens with zero attached hydrogens (tertiary/aromatic N) is 2. The Hall–Kier alpha value is -2.31.